The third kappa shape index (κ3) is 4.29. The topological polar surface area (TPSA) is 9.23 Å². The summed E-state index contributed by atoms with van der Waals surface area (Å²) in [5.41, 5.74) is 0.547. The summed E-state index contributed by atoms with van der Waals surface area (Å²) in [5.74, 6) is 3.83. The van der Waals surface area contributed by atoms with Crippen molar-refractivity contribution in [1.29, 1.82) is 0 Å². The van der Waals surface area contributed by atoms with E-state index < -0.39 is 0 Å². The Morgan fingerprint density at radius 1 is 0.500 bits per heavy atom. The first-order chi connectivity index (χ1) is 13.9. The maximum absolute atomic E-state index is 6.85. The van der Waals surface area contributed by atoms with E-state index in [-0.39, 0.29) is 0 Å². The molecule has 0 aromatic heterocycles. The largest absolute Gasteiger partial charge is 0.424 e. The zero-order valence-electron chi connectivity index (χ0n) is 18.9. The monoisotopic (exact) mass is 404 g/mol. The van der Waals surface area contributed by atoms with Crippen LogP contribution >= 0.6 is 0 Å². The first-order valence-corrected chi connectivity index (χ1v) is 14.2. The van der Waals surface area contributed by atoms with Gasteiger partial charge in [-0.3, -0.25) is 0 Å². The van der Waals surface area contributed by atoms with Crippen LogP contribution in [0.2, 0.25) is 0 Å². The van der Waals surface area contributed by atoms with Gasteiger partial charge in [0.15, 0.2) is 0 Å². The Labute approximate surface area is 178 Å². The maximum Gasteiger partial charge on any atom is 0.146 e. The highest BCUT2D eigenvalue weighted by molar-refractivity contribution is 5.98. The summed E-state index contributed by atoms with van der Waals surface area (Å²) in [4.78, 5) is 0. The number of rotatable bonds is 6. The van der Waals surface area contributed by atoms with E-state index in [1.807, 2.05) is 0 Å². The van der Waals surface area contributed by atoms with Crippen molar-refractivity contribution >= 4 is 10.5 Å². The summed E-state index contributed by atoms with van der Waals surface area (Å²) in [6.07, 6.45) is 30.7. The minimum absolute atomic E-state index is 0.547. The molecular formula is C26H48OSi. The molecule has 2 heteroatoms. The van der Waals surface area contributed by atoms with E-state index in [1.165, 1.54) is 128 Å². The second-order valence-electron chi connectivity index (χ2n) is 11.1. The molecule has 0 bridgehead atoms. The minimum atomic E-state index is 0.547. The fourth-order valence-electron chi connectivity index (χ4n) is 8.75. The molecule has 4 rings (SSSR count). The SMILES string of the molecule is [SiH3]OC(C1CCCCC1)C(C1CCCCC1)(C1CCCCC1)C1CCCCC1. The van der Waals surface area contributed by atoms with Crippen LogP contribution in [0.25, 0.3) is 0 Å². The highest BCUT2D eigenvalue weighted by Gasteiger charge is 2.56. The third-order valence-corrected chi connectivity index (χ3v) is 10.3. The summed E-state index contributed by atoms with van der Waals surface area (Å²) in [6, 6.07) is 0. The van der Waals surface area contributed by atoms with Gasteiger partial charge in [0.05, 0.1) is 6.10 Å². The van der Waals surface area contributed by atoms with Crippen LogP contribution in [-0.2, 0) is 4.43 Å². The Hall–Kier alpha value is 0.177. The third-order valence-electron chi connectivity index (χ3n) is 9.76. The van der Waals surface area contributed by atoms with Gasteiger partial charge in [0, 0.05) is 5.41 Å². The first kappa shape index (κ1) is 21.4. The van der Waals surface area contributed by atoms with Crippen LogP contribution in [0.3, 0.4) is 0 Å². The Morgan fingerprint density at radius 3 is 1.14 bits per heavy atom. The van der Waals surface area contributed by atoms with Crippen molar-refractivity contribution in [2.75, 3.05) is 0 Å². The smallest absolute Gasteiger partial charge is 0.146 e. The van der Waals surface area contributed by atoms with Gasteiger partial charge in [-0.25, -0.2) is 0 Å². The maximum atomic E-state index is 6.85. The lowest BCUT2D eigenvalue weighted by Crippen LogP contribution is -2.57. The van der Waals surface area contributed by atoms with Crippen LogP contribution in [0.5, 0.6) is 0 Å². The average molecular weight is 405 g/mol. The summed E-state index contributed by atoms with van der Waals surface area (Å²) in [6.45, 7) is 0. The summed E-state index contributed by atoms with van der Waals surface area (Å²) < 4.78 is 6.85. The van der Waals surface area contributed by atoms with E-state index in [2.05, 4.69) is 0 Å². The number of hydrogen-bond donors (Lipinski definition) is 0. The van der Waals surface area contributed by atoms with E-state index in [1.54, 1.807) is 0 Å². The van der Waals surface area contributed by atoms with Crippen molar-refractivity contribution in [3.8, 4) is 0 Å². The van der Waals surface area contributed by atoms with Gasteiger partial charge in [0.1, 0.15) is 10.5 Å². The van der Waals surface area contributed by atoms with E-state index >= 15 is 0 Å². The van der Waals surface area contributed by atoms with E-state index in [0.29, 0.717) is 11.5 Å². The molecule has 1 nitrogen and oxygen atoms in total. The van der Waals surface area contributed by atoms with Gasteiger partial charge in [-0.15, -0.1) is 0 Å². The van der Waals surface area contributed by atoms with Crippen LogP contribution in [0, 0.1) is 29.1 Å². The van der Waals surface area contributed by atoms with E-state index in [4.69, 9.17) is 4.43 Å². The van der Waals surface area contributed by atoms with Gasteiger partial charge in [0.25, 0.3) is 0 Å². The first-order valence-electron chi connectivity index (χ1n) is 13.4. The average Bonchev–Trinajstić information content (AvgIpc) is 2.80. The molecule has 0 spiro atoms. The molecule has 0 heterocycles. The summed E-state index contributed by atoms with van der Waals surface area (Å²) in [5, 5.41) is 0. The zero-order valence-corrected chi connectivity index (χ0v) is 20.9. The van der Waals surface area contributed by atoms with Gasteiger partial charge in [-0.2, -0.15) is 0 Å². The van der Waals surface area contributed by atoms with E-state index in [9.17, 15) is 0 Å². The molecule has 0 amide bonds. The normalized spacial score (nSPS) is 29.1. The molecule has 0 radical (unpaired) electrons. The zero-order chi connectivity index (χ0) is 19.2. The second-order valence-corrected chi connectivity index (χ2v) is 11.5. The molecular weight excluding hydrogens is 356 g/mol. The number of hydrogen-bond acceptors (Lipinski definition) is 1. The lowest BCUT2D eigenvalue weighted by molar-refractivity contribution is -0.147. The van der Waals surface area contributed by atoms with Crippen LogP contribution in [0.4, 0.5) is 0 Å². The second kappa shape index (κ2) is 10.5. The molecule has 0 saturated heterocycles. The van der Waals surface area contributed by atoms with Gasteiger partial charge in [0.2, 0.25) is 0 Å². The molecule has 0 aromatic rings. The molecule has 4 aliphatic carbocycles. The van der Waals surface area contributed by atoms with Gasteiger partial charge < -0.3 is 4.43 Å². The van der Waals surface area contributed by atoms with Crippen LogP contribution in [0.1, 0.15) is 128 Å². The Morgan fingerprint density at radius 2 is 0.821 bits per heavy atom. The predicted octanol–water partition coefficient (Wildman–Crippen LogP) is 6.96. The molecule has 0 aromatic carbocycles. The van der Waals surface area contributed by atoms with Crippen LogP contribution < -0.4 is 0 Å². The van der Waals surface area contributed by atoms with Crippen molar-refractivity contribution in [1.82, 2.24) is 0 Å². The predicted molar refractivity (Wildman–Crippen MR) is 124 cm³/mol. The van der Waals surface area contributed by atoms with E-state index in [0.717, 1.165) is 34.2 Å². The Bertz CT molecular complexity index is 394. The molecule has 1 atom stereocenters. The molecule has 4 saturated carbocycles. The van der Waals surface area contributed by atoms with Crippen molar-refractivity contribution in [2.45, 2.75) is 135 Å². The Kier molecular flexibility index (Phi) is 8.00. The molecule has 0 N–H and O–H groups in total. The quantitative estimate of drug-likeness (QED) is 0.435. The van der Waals surface area contributed by atoms with Gasteiger partial charge in [-0.05, 0) is 75.0 Å². The fraction of sp³-hybridized carbons (Fsp3) is 1.00. The van der Waals surface area contributed by atoms with Gasteiger partial charge in [-0.1, -0.05) is 77.0 Å². The van der Waals surface area contributed by atoms with Crippen molar-refractivity contribution in [2.24, 2.45) is 29.1 Å². The molecule has 4 aliphatic rings. The summed E-state index contributed by atoms with van der Waals surface area (Å²) in [7, 11) is 0.948. The highest BCUT2D eigenvalue weighted by Crippen LogP contribution is 2.61. The van der Waals surface area contributed by atoms with Crippen molar-refractivity contribution < 1.29 is 4.43 Å². The molecule has 4 fully saturated rings. The van der Waals surface area contributed by atoms with Gasteiger partial charge >= 0.3 is 0 Å². The standard InChI is InChI=1S/C26H48OSi/c28-27-25(21-13-5-1-6-14-21)26(22-15-7-2-8-16-22,23-17-9-3-10-18-23)24-19-11-4-12-20-24/h21-25H,1-20H2,28H3. The van der Waals surface area contributed by atoms with Crippen molar-refractivity contribution in [3.05, 3.63) is 0 Å². The summed E-state index contributed by atoms with van der Waals surface area (Å²) >= 11 is 0. The lowest BCUT2D eigenvalue weighted by atomic mass is 9.47. The molecule has 28 heavy (non-hydrogen) atoms. The highest BCUT2D eigenvalue weighted by atomic mass is 28.2. The molecule has 0 aliphatic heterocycles. The van der Waals surface area contributed by atoms with Crippen molar-refractivity contribution in [3.63, 3.8) is 0 Å². The van der Waals surface area contributed by atoms with Crippen LogP contribution in [0.15, 0.2) is 0 Å². The molecule has 1 unspecified atom stereocenters. The molecule has 162 valence electrons. The fourth-order valence-corrected chi connectivity index (χ4v) is 9.54. The lowest BCUT2D eigenvalue weighted by Gasteiger charge is -2.60. The minimum Gasteiger partial charge on any atom is -0.424 e. The Balaban J connectivity index is 1.74. The van der Waals surface area contributed by atoms with Crippen LogP contribution in [-0.4, -0.2) is 16.6 Å².